The SMILES string of the molecule is CCC(C)C(=O)OCCNS(=O)(=O)c1ccccc1-c1c2ccc(=[NH+]c3ccc(C)cc3C)cc-2oc2cc(Nc3ccc(C)cc3C)ccc12. The van der Waals surface area contributed by atoms with E-state index >= 15 is 0 Å². The third-order valence-electron chi connectivity index (χ3n) is 9.14. The topological polar surface area (TPSA) is 112 Å². The Morgan fingerprint density at radius 1 is 0.843 bits per heavy atom. The maximum Gasteiger partial charge on any atom is 0.308 e. The van der Waals surface area contributed by atoms with Crippen molar-refractivity contribution >= 4 is 44.0 Å². The van der Waals surface area contributed by atoms with Gasteiger partial charge in [-0.25, -0.2) is 18.1 Å². The molecular weight excluding hydrogens is 659 g/mol. The lowest BCUT2D eigenvalue weighted by atomic mass is 9.93. The highest BCUT2D eigenvalue weighted by atomic mass is 32.2. The van der Waals surface area contributed by atoms with E-state index in [1.165, 1.54) is 11.1 Å². The van der Waals surface area contributed by atoms with Crippen LogP contribution in [0, 0.1) is 33.6 Å². The number of esters is 1. The fraction of sp³-hybridized carbons (Fsp3) is 0.238. The zero-order valence-corrected chi connectivity index (χ0v) is 30.7. The first-order chi connectivity index (χ1) is 24.4. The van der Waals surface area contributed by atoms with Crippen molar-refractivity contribution in [1.29, 1.82) is 0 Å². The predicted octanol–water partition coefficient (Wildman–Crippen LogP) is 7.36. The molecule has 3 N–H and O–H groups in total. The minimum absolute atomic E-state index is 0.0502. The predicted molar refractivity (Wildman–Crippen MR) is 203 cm³/mol. The van der Waals surface area contributed by atoms with Gasteiger partial charge >= 0.3 is 5.97 Å². The quantitative estimate of drug-likeness (QED) is 0.0739. The lowest BCUT2D eigenvalue weighted by molar-refractivity contribution is -0.403. The van der Waals surface area contributed by atoms with Crippen LogP contribution in [0.1, 0.15) is 42.5 Å². The molecule has 0 amide bonds. The van der Waals surface area contributed by atoms with Crippen LogP contribution in [0.25, 0.3) is 33.4 Å². The summed E-state index contributed by atoms with van der Waals surface area (Å²) in [7, 11) is -4.01. The molecule has 2 aliphatic rings. The molecule has 1 atom stereocenters. The number of hydrogen-bond acceptors (Lipinski definition) is 6. The van der Waals surface area contributed by atoms with E-state index in [2.05, 4.69) is 79.1 Å². The average Bonchev–Trinajstić information content (AvgIpc) is 3.11. The summed E-state index contributed by atoms with van der Waals surface area (Å²) in [6.07, 6.45) is 0.648. The van der Waals surface area contributed by atoms with Gasteiger partial charge in [0.15, 0.2) is 0 Å². The zero-order chi connectivity index (χ0) is 36.3. The number of rotatable bonds is 11. The second-order valence-electron chi connectivity index (χ2n) is 13.2. The van der Waals surface area contributed by atoms with Crippen molar-refractivity contribution < 1.29 is 27.4 Å². The summed E-state index contributed by atoms with van der Waals surface area (Å²) in [4.78, 5) is 15.8. The number of anilines is 2. The van der Waals surface area contributed by atoms with Crippen LogP contribution in [0.3, 0.4) is 0 Å². The average molecular weight is 703 g/mol. The van der Waals surface area contributed by atoms with Crippen molar-refractivity contribution in [2.45, 2.75) is 52.9 Å². The lowest BCUT2D eigenvalue weighted by Crippen LogP contribution is -2.70. The number of hydrogen-bond donors (Lipinski definition) is 3. The summed E-state index contributed by atoms with van der Waals surface area (Å²) in [5.41, 5.74) is 10.0. The normalized spacial score (nSPS) is 12.7. The summed E-state index contributed by atoms with van der Waals surface area (Å²) in [6, 6.07) is 31.2. The molecule has 51 heavy (non-hydrogen) atoms. The molecule has 0 spiro atoms. The molecule has 0 fully saturated rings. The second kappa shape index (κ2) is 14.9. The van der Waals surface area contributed by atoms with Gasteiger partial charge < -0.3 is 14.5 Å². The standard InChI is InChI=1S/C42H43N3O5S/c1-7-28(4)42(46)49-21-20-43-51(47,48)40-11-9-8-10-35(40)41-33-16-14-31(44-36-18-12-26(2)22-29(36)5)24-38(33)50-39-25-32(15-17-34(39)41)45-37-19-13-27(3)23-30(37)6/h8-19,22-25,28,43-44H,7,20-21H2,1-6H3/p+1. The van der Waals surface area contributed by atoms with E-state index in [1.54, 1.807) is 19.1 Å². The van der Waals surface area contributed by atoms with Crippen LogP contribution < -0.4 is 20.4 Å². The van der Waals surface area contributed by atoms with E-state index in [0.717, 1.165) is 50.1 Å². The molecule has 0 bridgehead atoms. The maximum absolute atomic E-state index is 13.9. The van der Waals surface area contributed by atoms with Crippen molar-refractivity contribution in [3.05, 3.63) is 125 Å². The third-order valence-corrected chi connectivity index (χ3v) is 10.7. The first-order valence-electron chi connectivity index (χ1n) is 17.2. The molecule has 8 nitrogen and oxygen atoms in total. The maximum atomic E-state index is 13.9. The molecule has 0 radical (unpaired) electrons. The Hall–Kier alpha value is -5.25. The zero-order valence-electron chi connectivity index (χ0n) is 29.9. The largest absolute Gasteiger partial charge is 0.464 e. The minimum Gasteiger partial charge on any atom is -0.464 e. The molecule has 0 saturated carbocycles. The molecule has 1 aliphatic carbocycles. The number of sulfonamides is 1. The van der Waals surface area contributed by atoms with Crippen molar-refractivity contribution in [2.75, 3.05) is 18.5 Å². The Bertz CT molecular complexity index is 2400. The highest BCUT2D eigenvalue weighted by molar-refractivity contribution is 7.89. The Kier molecular flexibility index (Phi) is 10.4. The molecule has 1 unspecified atom stereocenters. The summed E-state index contributed by atoms with van der Waals surface area (Å²) < 4.78 is 42.3. The monoisotopic (exact) mass is 702 g/mol. The summed E-state index contributed by atoms with van der Waals surface area (Å²) in [5, 5.41) is 5.12. The molecule has 1 aliphatic heterocycles. The van der Waals surface area contributed by atoms with Gasteiger partial charge in [0.05, 0.1) is 16.9 Å². The molecule has 9 heteroatoms. The fourth-order valence-electron chi connectivity index (χ4n) is 6.18. The van der Waals surface area contributed by atoms with E-state index in [-0.39, 0.29) is 29.9 Å². The van der Waals surface area contributed by atoms with E-state index in [1.807, 2.05) is 55.5 Å². The molecule has 0 saturated heterocycles. The Balaban J connectivity index is 1.48. The van der Waals surface area contributed by atoms with Gasteiger partial charge in [-0.15, -0.1) is 0 Å². The number of carbonyl (C=O) groups excluding carboxylic acids is 1. The molecule has 1 heterocycles. The highest BCUT2D eigenvalue weighted by Gasteiger charge is 2.25. The van der Waals surface area contributed by atoms with Gasteiger partial charge in [0, 0.05) is 63.8 Å². The highest BCUT2D eigenvalue weighted by Crippen LogP contribution is 2.43. The number of ether oxygens (including phenoxy) is 1. The van der Waals surface area contributed by atoms with Gasteiger partial charge in [-0.05, 0) is 76.1 Å². The van der Waals surface area contributed by atoms with Crippen LogP contribution in [0.4, 0.5) is 17.1 Å². The first kappa shape index (κ1) is 35.6. The number of benzene rings is 5. The van der Waals surface area contributed by atoms with Crippen LogP contribution >= 0.6 is 0 Å². The Morgan fingerprint density at radius 3 is 2.33 bits per heavy atom. The molecule has 0 aromatic heterocycles. The molecule has 4 aromatic rings. The van der Waals surface area contributed by atoms with Crippen molar-refractivity contribution in [3.63, 3.8) is 0 Å². The number of fused-ring (bicyclic) bond motifs is 2. The van der Waals surface area contributed by atoms with Crippen molar-refractivity contribution in [1.82, 2.24) is 4.72 Å². The lowest BCUT2D eigenvalue weighted by Gasteiger charge is -2.19. The van der Waals surface area contributed by atoms with Crippen LogP contribution in [0.2, 0.25) is 0 Å². The summed E-state index contributed by atoms with van der Waals surface area (Å²) >= 11 is 0. The van der Waals surface area contributed by atoms with E-state index in [9.17, 15) is 13.2 Å². The van der Waals surface area contributed by atoms with Crippen LogP contribution in [0.15, 0.2) is 106 Å². The fourth-order valence-corrected chi connectivity index (χ4v) is 7.40. The molecule has 6 rings (SSSR count). The van der Waals surface area contributed by atoms with E-state index in [0.29, 0.717) is 23.3 Å². The Morgan fingerprint density at radius 2 is 1.59 bits per heavy atom. The molecule has 4 aromatic carbocycles. The van der Waals surface area contributed by atoms with Gasteiger partial charge in [0.1, 0.15) is 18.0 Å². The van der Waals surface area contributed by atoms with Gasteiger partial charge in [-0.3, -0.25) is 4.79 Å². The van der Waals surface area contributed by atoms with E-state index in [4.69, 9.17) is 9.15 Å². The van der Waals surface area contributed by atoms with Crippen LogP contribution in [0.5, 0.6) is 0 Å². The van der Waals surface area contributed by atoms with Gasteiger partial charge in [-0.2, -0.15) is 0 Å². The number of nitrogens with one attached hydrogen (secondary N) is 3. The van der Waals surface area contributed by atoms with Gasteiger partial charge in [0.2, 0.25) is 21.1 Å². The Labute approximate surface area is 299 Å². The van der Waals surface area contributed by atoms with Crippen molar-refractivity contribution in [3.8, 4) is 22.5 Å². The van der Waals surface area contributed by atoms with Crippen molar-refractivity contribution in [2.24, 2.45) is 5.92 Å². The minimum atomic E-state index is -4.01. The van der Waals surface area contributed by atoms with E-state index < -0.39 is 10.0 Å². The summed E-state index contributed by atoms with van der Waals surface area (Å²) in [6.45, 7) is 11.8. The van der Waals surface area contributed by atoms with Crippen LogP contribution in [-0.2, 0) is 19.6 Å². The smallest absolute Gasteiger partial charge is 0.308 e. The third kappa shape index (κ3) is 7.90. The van der Waals surface area contributed by atoms with Crippen LogP contribution in [-0.4, -0.2) is 27.5 Å². The number of aryl methyl sites for hydroxylation is 4. The second-order valence-corrected chi connectivity index (χ2v) is 14.9. The first-order valence-corrected chi connectivity index (χ1v) is 18.7. The summed E-state index contributed by atoms with van der Waals surface area (Å²) in [5.74, 6) is -0.00503. The molecule has 262 valence electrons. The van der Waals surface area contributed by atoms with Gasteiger partial charge in [0.25, 0.3) is 0 Å². The van der Waals surface area contributed by atoms with Gasteiger partial charge in [-0.1, -0.05) is 61.4 Å². The molecular formula is C42H44N3O5S+. The number of carbonyl (C=O) groups is 1.